The molecule has 2 aromatic rings. The third kappa shape index (κ3) is 2.82. The van der Waals surface area contributed by atoms with E-state index in [-0.39, 0.29) is 23.7 Å². The van der Waals surface area contributed by atoms with E-state index in [9.17, 15) is 14.0 Å². The van der Waals surface area contributed by atoms with E-state index in [1.807, 2.05) is 0 Å². The Morgan fingerprint density at radius 1 is 1.22 bits per heavy atom. The summed E-state index contributed by atoms with van der Waals surface area (Å²) in [6.07, 6.45) is 1.36. The van der Waals surface area contributed by atoms with Gasteiger partial charge in [0.2, 0.25) is 0 Å². The van der Waals surface area contributed by atoms with Crippen molar-refractivity contribution in [3.63, 3.8) is 0 Å². The second-order valence-corrected chi connectivity index (χ2v) is 3.59. The van der Waals surface area contributed by atoms with Gasteiger partial charge in [-0.1, -0.05) is 12.1 Å². The Balaban J connectivity index is 1.95. The molecule has 5 heteroatoms. The molecule has 1 amide bonds. The Labute approximate surface area is 102 Å². The van der Waals surface area contributed by atoms with Crippen molar-refractivity contribution in [2.24, 2.45) is 0 Å². The Hall–Kier alpha value is -2.43. The molecule has 0 aliphatic carbocycles. The Morgan fingerprint density at radius 2 is 2.06 bits per heavy atom. The molecule has 1 N–H and O–H groups in total. The summed E-state index contributed by atoms with van der Waals surface area (Å²) in [4.78, 5) is 23.1. The third-order valence-electron chi connectivity index (χ3n) is 2.30. The molecule has 0 fully saturated rings. The highest BCUT2D eigenvalue weighted by molar-refractivity contribution is 6.01. The van der Waals surface area contributed by atoms with Crippen LogP contribution in [-0.2, 0) is 0 Å². The zero-order valence-corrected chi connectivity index (χ0v) is 9.35. The van der Waals surface area contributed by atoms with E-state index in [1.165, 1.54) is 30.5 Å². The van der Waals surface area contributed by atoms with Crippen LogP contribution in [-0.4, -0.2) is 18.2 Å². The lowest BCUT2D eigenvalue weighted by Crippen LogP contribution is -2.29. The smallest absolute Gasteiger partial charge is 0.287 e. The normalized spacial score (nSPS) is 10.1. The summed E-state index contributed by atoms with van der Waals surface area (Å²) in [7, 11) is 0. The van der Waals surface area contributed by atoms with Crippen molar-refractivity contribution >= 4 is 11.7 Å². The molecule has 0 radical (unpaired) electrons. The Morgan fingerprint density at radius 3 is 2.72 bits per heavy atom. The van der Waals surface area contributed by atoms with Gasteiger partial charge in [0.25, 0.3) is 5.91 Å². The van der Waals surface area contributed by atoms with Crippen LogP contribution in [0.5, 0.6) is 0 Å². The molecule has 2 rings (SSSR count). The standard InChI is InChI=1S/C13H10FNO3/c14-10-4-1-3-9(7-10)11(16)8-15-13(17)12-5-2-6-18-12/h1-7H,8H2,(H,15,17). The van der Waals surface area contributed by atoms with E-state index < -0.39 is 11.7 Å². The maximum atomic E-state index is 12.9. The summed E-state index contributed by atoms with van der Waals surface area (Å²) in [6.45, 7) is -0.205. The first kappa shape index (κ1) is 12.0. The fraction of sp³-hybridized carbons (Fsp3) is 0.0769. The lowest BCUT2D eigenvalue weighted by molar-refractivity contribution is 0.0885. The summed E-state index contributed by atoms with van der Waals surface area (Å²) in [5, 5.41) is 2.40. The van der Waals surface area contributed by atoms with Crippen molar-refractivity contribution in [1.29, 1.82) is 0 Å². The Bertz CT molecular complexity index is 563. The minimum absolute atomic E-state index is 0.127. The maximum absolute atomic E-state index is 12.9. The fourth-order valence-electron chi connectivity index (χ4n) is 1.42. The van der Waals surface area contributed by atoms with Crippen molar-refractivity contribution in [2.75, 3.05) is 6.54 Å². The van der Waals surface area contributed by atoms with Gasteiger partial charge in [0.05, 0.1) is 12.8 Å². The van der Waals surface area contributed by atoms with Crippen molar-refractivity contribution < 1.29 is 18.4 Å². The number of amides is 1. The lowest BCUT2D eigenvalue weighted by Gasteiger charge is -2.02. The van der Waals surface area contributed by atoms with Gasteiger partial charge < -0.3 is 9.73 Å². The predicted octanol–water partition coefficient (Wildman–Crippen LogP) is 2.03. The average molecular weight is 247 g/mol. The van der Waals surface area contributed by atoms with Crippen LogP contribution in [0.1, 0.15) is 20.9 Å². The molecule has 1 aromatic heterocycles. The quantitative estimate of drug-likeness (QED) is 0.841. The monoisotopic (exact) mass is 247 g/mol. The van der Waals surface area contributed by atoms with Crippen LogP contribution in [0.3, 0.4) is 0 Å². The summed E-state index contributed by atoms with van der Waals surface area (Å²) < 4.78 is 17.8. The highest BCUT2D eigenvalue weighted by Gasteiger charge is 2.11. The summed E-state index contributed by atoms with van der Waals surface area (Å²) in [6, 6.07) is 8.37. The molecule has 0 spiro atoms. The van der Waals surface area contributed by atoms with E-state index >= 15 is 0 Å². The van der Waals surface area contributed by atoms with Crippen LogP contribution in [0.2, 0.25) is 0 Å². The largest absolute Gasteiger partial charge is 0.459 e. The molecular formula is C13H10FNO3. The number of Topliss-reactive ketones (excluding diaryl/α,β-unsaturated/α-hetero) is 1. The number of halogens is 1. The van der Waals surface area contributed by atoms with Gasteiger partial charge in [0.15, 0.2) is 11.5 Å². The van der Waals surface area contributed by atoms with Crippen molar-refractivity contribution in [2.45, 2.75) is 0 Å². The van der Waals surface area contributed by atoms with Crippen LogP contribution >= 0.6 is 0 Å². The first-order valence-corrected chi connectivity index (χ1v) is 5.27. The van der Waals surface area contributed by atoms with Gasteiger partial charge in [-0.05, 0) is 24.3 Å². The molecule has 92 valence electrons. The summed E-state index contributed by atoms with van der Waals surface area (Å²) >= 11 is 0. The lowest BCUT2D eigenvalue weighted by atomic mass is 10.1. The number of nitrogens with one attached hydrogen (secondary N) is 1. The minimum atomic E-state index is -0.488. The van der Waals surface area contributed by atoms with Gasteiger partial charge in [-0.25, -0.2) is 4.39 Å². The van der Waals surface area contributed by atoms with E-state index in [2.05, 4.69) is 5.32 Å². The molecule has 0 aliphatic heterocycles. The molecular weight excluding hydrogens is 237 g/mol. The second kappa shape index (κ2) is 5.27. The van der Waals surface area contributed by atoms with E-state index in [0.717, 1.165) is 6.07 Å². The third-order valence-corrected chi connectivity index (χ3v) is 2.30. The molecule has 0 aliphatic rings. The molecule has 0 bridgehead atoms. The van der Waals surface area contributed by atoms with Gasteiger partial charge in [-0.3, -0.25) is 9.59 Å². The zero-order chi connectivity index (χ0) is 13.0. The van der Waals surface area contributed by atoms with Gasteiger partial charge in [0.1, 0.15) is 5.82 Å². The predicted molar refractivity (Wildman–Crippen MR) is 61.8 cm³/mol. The zero-order valence-electron chi connectivity index (χ0n) is 9.35. The molecule has 1 heterocycles. The van der Waals surface area contributed by atoms with E-state index in [4.69, 9.17) is 4.42 Å². The number of benzene rings is 1. The topological polar surface area (TPSA) is 59.3 Å². The summed E-state index contributed by atoms with van der Waals surface area (Å²) in [5.74, 6) is -1.21. The van der Waals surface area contributed by atoms with Crippen LogP contribution in [0.25, 0.3) is 0 Å². The second-order valence-electron chi connectivity index (χ2n) is 3.59. The highest BCUT2D eigenvalue weighted by Crippen LogP contribution is 2.04. The number of carbonyl (C=O) groups is 2. The molecule has 0 saturated carbocycles. The molecule has 1 aromatic carbocycles. The number of furan rings is 1. The fourth-order valence-corrected chi connectivity index (χ4v) is 1.42. The van der Waals surface area contributed by atoms with Gasteiger partial charge in [-0.15, -0.1) is 0 Å². The highest BCUT2D eigenvalue weighted by atomic mass is 19.1. The van der Waals surface area contributed by atoms with Crippen molar-refractivity contribution in [3.05, 3.63) is 59.8 Å². The van der Waals surface area contributed by atoms with Crippen molar-refractivity contribution in [1.82, 2.24) is 5.32 Å². The van der Waals surface area contributed by atoms with Crippen molar-refractivity contribution in [3.8, 4) is 0 Å². The number of rotatable bonds is 4. The van der Waals surface area contributed by atoms with E-state index in [1.54, 1.807) is 6.07 Å². The maximum Gasteiger partial charge on any atom is 0.287 e. The first-order chi connectivity index (χ1) is 8.66. The molecule has 4 nitrogen and oxygen atoms in total. The number of hydrogen-bond donors (Lipinski definition) is 1. The molecule has 0 unspecified atom stereocenters. The molecule has 0 atom stereocenters. The van der Waals surface area contributed by atoms with Crippen LogP contribution in [0, 0.1) is 5.82 Å². The van der Waals surface area contributed by atoms with Gasteiger partial charge in [-0.2, -0.15) is 0 Å². The van der Waals surface area contributed by atoms with E-state index in [0.29, 0.717) is 0 Å². The minimum Gasteiger partial charge on any atom is -0.459 e. The number of ketones is 1. The Kier molecular flexibility index (Phi) is 3.52. The SMILES string of the molecule is O=C(CNC(=O)c1ccco1)c1cccc(F)c1. The molecule has 18 heavy (non-hydrogen) atoms. The van der Waals surface area contributed by atoms with Crippen LogP contribution < -0.4 is 5.32 Å². The van der Waals surface area contributed by atoms with Crippen LogP contribution in [0.15, 0.2) is 47.1 Å². The van der Waals surface area contributed by atoms with Crippen LogP contribution in [0.4, 0.5) is 4.39 Å². The van der Waals surface area contributed by atoms with Gasteiger partial charge >= 0.3 is 0 Å². The molecule has 0 saturated heterocycles. The average Bonchev–Trinajstić information content (AvgIpc) is 2.89. The summed E-state index contributed by atoms with van der Waals surface area (Å²) in [5.41, 5.74) is 0.217. The first-order valence-electron chi connectivity index (χ1n) is 5.27. The number of hydrogen-bond acceptors (Lipinski definition) is 3. The number of carbonyl (C=O) groups excluding carboxylic acids is 2. The van der Waals surface area contributed by atoms with Gasteiger partial charge in [0, 0.05) is 5.56 Å².